The van der Waals surface area contributed by atoms with Gasteiger partial charge in [-0.15, -0.1) is 0 Å². The van der Waals surface area contributed by atoms with Crippen LogP contribution < -0.4 is 11.1 Å². The van der Waals surface area contributed by atoms with Gasteiger partial charge in [-0.25, -0.2) is 4.79 Å². The molecule has 80 valence electrons. The van der Waals surface area contributed by atoms with Crippen LogP contribution in [0.1, 0.15) is 6.42 Å². The molecule has 0 radical (unpaired) electrons. The van der Waals surface area contributed by atoms with Gasteiger partial charge in [0.15, 0.2) is 5.58 Å². The van der Waals surface area contributed by atoms with Gasteiger partial charge >= 0.3 is 5.76 Å². The summed E-state index contributed by atoms with van der Waals surface area (Å²) < 4.78 is 4.95. The molecular formula is C10H12N2O2S. The minimum absolute atomic E-state index is 0.419. The molecule has 5 heteroatoms. The molecule has 0 aliphatic heterocycles. The molecule has 0 saturated carbocycles. The molecule has 15 heavy (non-hydrogen) atoms. The number of H-pyrrole nitrogens is 1. The van der Waals surface area contributed by atoms with E-state index in [1.165, 1.54) is 0 Å². The number of oxazole rings is 1. The number of fused-ring (bicyclic) bond motifs is 1. The monoisotopic (exact) mass is 224 g/mol. The van der Waals surface area contributed by atoms with Crippen molar-refractivity contribution in [3.63, 3.8) is 0 Å². The zero-order valence-corrected chi connectivity index (χ0v) is 9.01. The molecule has 1 aromatic carbocycles. The van der Waals surface area contributed by atoms with Crippen molar-refractivity contribution in [3.8, 4) is 0 Å². The number of aromatic amines is 1. The van der Waals surface area contributed by atoms with Gasteiger partial charge in [-0.05, 0) is 24.3 Å². The third-order valence-corrected chi connectivity index (χ3v) is 2.40. The Balaban J connectivity index is 2.19. The van der Waals surface area contributed by atoms with Crippen molar-refractivity contribution in [2.45, 2.75) is 6.42 Å². The van der Waals surface area contributed by atoms with Crippen molar-refractivity contribution < 1.29 is 4.42 Å². The third kappa shape index (κ3) is 2.36. The van der Waals surface area contributed by atoms with Crippen molar-refractivity contribution in [2.75, 3.05) is 17.6 Å². The van der Waals surface area contributed by atoms with Gasteiger partial charge in [-0.1, -0.05) is 0 Å². The molecule has 0 fully saturated rings. The van der Waals surface area contributed by atoms with Crippen LogP contribution in [0, 0.1) is 0 Å². The summed E-state index contributed by atoms with van der Waals surface area (Å²) in [5.74, 6) is 0.437. The summed E-state index contributed by atoms with van der Waals surface area (Å²) in [4.78, 5) is 13.5. The fraction of sp³-hybridized carbons (Fsp3) is 0.300. The van der Waals surface area contributed by atoms with E-state index in [1.54, 1.807) is 0 Å². The topological polar surface area (TPSA) is 58.0 Å². The van der Waals surface area contributed by atoms with Gasteiger partial charge in [0.25, 0.3) is 0 Å². The molecule has 0 saturated heterocycles. The summed E-state index contributed by atoms with van der Waals surface area (Å²) in [6, 6.07) is 5.54. The lowest BCUT2D eigenvalue weighted by Gasteiger charge is -2.03. The summed E-state index contributed by atoms with van der Waals surface area (Å²) in [7, 11) is 0. The number of rotatable bonds is 4. The van der Waals surface area contributed by atoms with E-state index in [1.807, 2.05) is 18.2 Å². The Labute approximate surface area is 92.1 Å². The predicted molar refractivity (Wildman–Crippen MR) is 63.8 cm³/mol. The number of hydrogen-bond donors (Lipinski definition) is 3. The summed E-state index contributed by atoms with van der Waals surface area (Å²) in [5, 5.41) is 3.22. The van der Waals surface area contributed by atoms with Crippen molar-refractivity contribution in [1.29, 1.82) is 0 Å². The van der Waals surface area contributed by atoms with E-state index >= 15 is 0 Å². The Morgan fingerprint density at radius 2 is 2.33 bits per heavy atom. The highest BCUT2D eigenvalue weighted by Crippen LogP contribution is 2.15. The smallest absolute Gasteiger partial charge is 0.408 e. The highest BCUT2D eigenvalue weighted by molar-refractivity contribution is 7.80. The number of nitrogens with one attached hydrogen (secondary N) is 2. The first kappa shape index (κ1) is 10.2. The second-order valence-electron chi connectivity index (χ2n) is 3.23. The molecular weight excluding hydrogens is 212 g/mol. The Hall–Kier alpha value is -1.36. The van der Waals surface area contributed by atoms with Crippen LogP contribution in [-0.4, -0.2) is 17.3 Å². The van der Waals surface area contributed by atoms with Crippen LogP contribution in [0.2, 0.25) is 0 Å². The zero-order valence-electron chi connectivity index (χ0n) is 8.12. The van der Waals surface area contributed by atoms with Crippen LogP contribution in [0.3, 0.4) is 0 Å². The van der Waals surface area contributed by atoms with Gasteiger partial charge in [0.1, 0.15) is 0 Å². The number of aromatic nitrogens is 1. The molecule has 0 amide bonds. The highest BCUT2D eigenvalue weighted by Gasteiger charge is 2.01. The first-order chi connectivity index (χ1) is 7.29. The first-order valence-corrected chi connectivity index (χ1v) is 5.40. The van der Waals surface area contributed by atoms with Gasteiger partial charge in [0.05, 0.1) is 5.52 Å². The normalized spacial score (nSPS) is 10.7. The van der Waals surface area contributed by atoms with E-state index in [0.29, 0.717) is 5.58 Å². The predicted octanol–water partition coefficient (Wildman–Crippen LogP) is 1.85. The Bertz CT molecular complexity index is 503. The molecule has 0 spiro atoms. The SMILES string of the molecule is O=c1[nH]c2ccc(NCCCS)cc2o1. The molecule has 0 unspecified atom stereocenters. The van der Waals surface area contributed by atoms with E-state index in [0.717, 1.165) is 29.9 Å². The van der Waals surface area contributed by atoms with E-state index in [2.05, 4.69) is 22.9 Å². The molecule has 0 aliphatic rings. The Morgan fingerprint density at radius 3 is 3.13 bits per heavy atom. The third-order valence-electron chi connectivity index (χ3n) is 2.09. The number of thiol groups is 1. The van der Waals surface area contributed by atoms with Gasteiger partial charge in [0.2, 0.25) is 0 Å². The van der Waals surface area contributed by atoms with Crippen molar-refractivity contribution >= 4 is 29.4 Å². The largest absolute Gasteiger partial charge is 0.417 e. The average molecular weight is 224 g/mol. The van der Waals surface area contributed by atoms with Crippen LogP contribution in [0.15, 0.2) is 27.4 Å². The highest BCUT2D eigenvalue weighted by atomic mass is 32.1. The maximum atomic E-state index is 10.9. The lowest BCUT2D eigenvalue weighted by atomic mass is 10.3. The van der Waals surface area contributed by atoms with Gasteiger partial charge in [0, 0.05) is 18.3 Å². The van der Waals surface area contributed by atoms with Crippen molar-refractivity contribution in [3.05, 3.63) is 28.7 Å². The van der Waals surface area contributed by atoms with Crippen LogP contribution in [0.5, 0.6) is 0 Å². The Morgan fingerprint density at radius 1 is 1.47 bits per heavy atom. The number of hydrogen-bond acceptors (Lipinski definition) is 4. The lowest BCUT2D eigenvalue weighted by Crippen LogP contribution is -2.01. The van der Waals surface area contributed by atoms with Crippen molar-refractivity contribution in [2.24, 2.45) is 0 Å². The summed E-state index contributed by atoms with van der Waals surface area (Å²) in [6.45, 7) is 0.865. The summed E-state index contributed by atoms with van der Waals surface area (Å²) >= 11 is 4.12. The van der Waals surface area contributed by atoms with Crippen LogP contribution >= 0.6 is 12.6 Å². The molecule has 0 aliphatic carbocycles. The number of benzene rings is 1. The molecule has 2 rings (SSSR count). The minimum Gasteiger partial charge on any atom is -0.408 e. The molecule has 2 N–H and O–H groups in total. The van der Waals surface area contributed by atoms with Crippen molar-refractivity contribution in [1.82, 2.24) is 4.98 Å². The molecule has 0 bridgehead atoms. The standard InChI is InChI=1S/C10H12N2O2S/c13-10-12-8-3-2-7(6-9(8)14-10)11-4-1-5-15/h2-3,6,11,15H,1,4-5H2,(H,12,13). The zero-order chi connectivity index (χ0) is 10.7. The van der Waals surface area contributed by atoms with E-state index in [-0.39, 0.29) is 0 Å². The maximum absolute atomic E-state index is 10.9. The molecule has 4 nitrogen and oxygen atoms in total. The summed E-state index contributed by atoms with van der Waals surface area (Å²) in [6.07, 6.45) is 0.998. The van der Waals surface area contributed by atoms with Crippen LogP contribution in [-0.2, 0) is 0 Å². The van der Waals surface area contributed by atoms with E-state index in [9.17, 15) is 4.79 Å². The quantitative estimate of drug-likeness (QED) is 0.548. The van der Waals surface area contributed by atoms with Crippen LogP contribution in [0.4, 0.5) is 5.69 Å². The van der Waals surface area contributed by atoms with Gasteiger partial charge < -0.3 is 9.73 Å². The fourth-order valence-corrected chi connectivity index (χ4v) is 1.53. The maximum Gasteiger partial charge on any atom is 0.417 e. The minimum atomic E-state index is -0.419. The van der Waals surface area contributed by atoms with Gasteiger partial charge in [-0.2, -0.15) is 12.6 Å². The second kappa shape index (κ2) is 4.44. The molecule has 2 aromatic rings. The van der Waals surface area contributed by atoms with E-state index < -0.39 is 5.76 Å². The number of anilines is 1. The summed E-state index contributed by atoms with van der Waals surface area (Å²) in [5.41, 5.74) is 2.25. The second-order valence-corrected chi connectivity index (χ2v) is 3.68. The molecule has 1 aromatic heterocycles. The fourth-order valence-electron chi connectivity index (χ4n) is 1.37. The van der Waals surface area contributed by atoms with E-state index in [4.69, 9.17) is 4.42 Å². The first-order valence-electron chi connectivity index (χ1n) is 4.77. The Kier molecular flexibility index (Phi) is 3.01. The lowest BCUT2D eigenvalue weighted by molar-refractivity contribution is 0.555. The van der Waals surface area contributed by atoms with Gasteiger partial charge in [-0.3, -0.25) is 4.98 Å². The average Bonchev–Trinajstić information content (AvgIpc) is 2.57. The molecule has 1 heterocycles. The van der Waals surface area contributed by atoms with Crippen LogP contribution in [0.25, 0.3) is 11.1 Å². The molecule has 0 atom stereocenters.